The van der Waals surface area contributed by atoms with Gasteiger partial charge in [0.1, 0.15) is 5.82 Å². The Kier molecular flexibility index (Phi) is 5.79. The molecule has 0 amide bonds. The van der Waals surface area contributed by atoms with Gasteiger partial charge in [-0.15, -0.1) is 0 Å². The lowest BCUT2D eigenvalue weighted by Gasteiger charge is -2.29. The molecule has 106 valence electrons. The van der Waals surface area contributed by atoms with Crippen molar-refractivity contribution in [2.45, 2.75) is 26.3 Å². The van der Waals surface area contributed by atoms with Crippen LogP contribution in [0.25, 0.3) is 0 Å². The number of piperidine rings is 1. The van der Waals surface area contributed by atoms with Crippen molar-refractivity contribution in [3.63, 3.8) is 0 Å². The predicted octanol–water partition coefficient (Wildman–Crippen LogP) is 3.41. The molecule has 1 aliphatic rings. The zero-order chi connectivity index (χ0) is 13.7. The van der Waals surface area contributed by atoms with Crippen LogP contribution in [0.2, 0.25) is 0 Å². The highest BCUT2D eigenvalue weighted by atomic mass is 79.9. The number of hydrogen-bond donors (Lipinski definition) is 1. The highest BCUT2D eigenvalue weighted by Crippen LogP contribution is 2.21. The summed E-state index contributed by atoms with van der Waals surface area (Å²) < 4.78 is 14.3. The van der Waals surface area contributed by atoms with Gasteiger partial charge in [-0.2, -0.15) is 0 Å². The maximum Gasteiger partial charge on any atom is 0.123 e. The summed E-state index contributed by atoms with van der Waals surface area (Å²) in [5.41, 5.74) is 1.04. The van der Waals surface area contributed by atoms with Crippen LogP contribution in [-0.2, 0) is 6.54 Å². The Hall–Kier alpha value is -0.450. The molecule has 0 bridgehead atoms. The monoisotopic (exact) mass is 328 g/mol. The Labute approximate surface area is 123 Å². The molecule has 1 aromatic rings. The van der Waals surface area contributed by atoms with E-state index in [2.05, 4.69) is 33.1 Å². The summed E-state index contributed by atoms with van der Waals surface area (Å²) in [4.78, 5) is 2.41. The molecule has 0 spiro atoms. The van der Waals surface area contributed by atoms with E-state index in [1.807, 2.05) is 0 Å². The van der Waals surface area contributed by atoms with E-state index < -0.39 is 0 Å². The molecule has 1 aromatic carbocycles. The molecule has 4 heteroatoms. The third-order valence-electron chi connectivity index (χ3n) is 3.82. The zero-order valence-corrected chi connectivity index (χ0v) is 13.0. The van der Waals surface area contributed by atoms with Gasteiger partial charge in [-0.1, -0.05) is 22.9 Å². The molecule has 0 aliphatic carbocycles. The maximum absolute atomic E-state index is 13.3. The summed E-state index contributed by atoms with van der Waals surface area (Å²) >= 11 is 3.51. The van der Waals surface area contributed by atoms with E-state index in [1.165, 1.54) is 18.9 Å². The first-order valence-electron chi connectivity index (χ1n) is 7.06. The summed E-state index contributed by atoms with van der Waals surface area (Å²) in [5, 5.41) is 3.40. The first-order chi connectivity index (χ1) is 9.19. The molecular formula is C15H22BrFN2. The van der Waals surface area contributed by atoms with Crippen LogP contribution in [0.5, 0.6) is 0 Å². The summed E-state index contributed by atoms with van der Waals surface area (Å²) in [6.07, 6.45) is 2.50. The van der Waals surface area contributed by atoms with Gasteiger partial charge >= 0.3 is 0 Å². The molecule has 1 saturated heterocycles. The maximum atomic E-state index is 13.3. The summed E-state index contributed by atoms with van der Waals surface area (Å²) in [5.74, 6) is 0.615. The van der Waals surface area contributed by atoms with E-state index in [4.69, 9.17) is 0 Å². The number of nitrogens with zero attached hydrogens (tertiary/aromatic N) is 1. The van der Waals surface area contributed by atoms with Gasteiger partial charge in [0.25, 0.3) is 0 Å². The van der Waals surface area contributed by atoms with Crippen molar-refractivity contribution >= 4 is 15.9 Å². The van der Waals surface area contributed by atoms with E-state index in [1.54, 1.807) is 12.1 Å². The molecule has 1 aliphatic heterocycles. The minimum atomic E-state index is -0.156. The van der Waals surface area contributed by atoms with Crippen LogP contribution in [0.4, 0.5) is 4.39 Å². The molecule has 0 aromatic heterocycles. The van der Waals surface area contributed by atoms with Crippen molar-refractivity contribution in [3.05, 3.63) is 34.1 Å². The minimum Gasteiger partial charge on any atom is -0.317 e. The normalized spacial score (nSPS) is 17.1. The number of nitrogens with one attached hydrogen (secondary N) is 1. The van der Waals surface area contributed by atoms with Crippen LogP contribution in [0.1, 0.15) is 25.3 Å². The highest BCUT2D eigenvalue weighted by Gasteiger charge is 2.17. The van der Waals surface area contributed by atoms with Gasteiger partial charge in [0.2, 0.25) is 0 Å². The summed E-state index contributed by atoms with van der Waals surface area (Å²) in [6.45, 7) is 7.37. The quantitative estimate of drug-likeness (QED) is 0.891. The average Bonchev–Trinajstić information content (AvgIpc) is 2.43. The van der Waals surface area contributed by atoms with Crippen LogP contribution in [0.3, 0.4) is 0 Å². The Morgan fingerprint density at radius 3 is 2.79 bits per heavy atom. The van der Waals surface area contributed by atoms with E-state index in [9.17, 15) is 4.39 Å². The molecule has 0 saturated carbocycles. The lowest BCUT2D eigenvalue weighted by Crippen LogP contribution is -2.36. The zero-order valence-electron chi connectivity index (χ0n) is 11.5. The SMILES string of the molecule is CCN(Cc1cc(F)ccc1Br)CC1CCNCC1. The summed E-state index contributed by atoms with van der Waals surface area (Å²) in [7, 11) is 0. The number of rotatable bonds is 5. The highest BCUT2D eigenvalue weighted by molar-refractivity contribution is 9.10. The van der Waals surface area contributed by atoms with Gasteiger partial charge in [0.15, 0.2) is 0 Å². The molecule has 0 atom stereocenters. The third kappa shape index (κ3) is 4.55. The molecule has 2 nitrogen and oxygen atoms in total. The van der Waals surface area contributed by atoms with Crippen molar-refractivity contribution in [3.8, 4) is 0 Å². The second-order valence-corrected chi connectivity index (χ2v) is 6.11. The van der Waals surface area contributed by atoms with Crippen LogP contribution < -0.4 is 5.32 Å². The molecular weight excluding hydrogens is 307 g/mol. The van der Waals surface area contributed by atoms with E-state index >= 15 is 0 Å². The molecule has 1 fully saturated rings. The largest absolute Gasteiger partial charge is 0.317 e. The van der Waals surface area contributed by atoms with E-state index in [-0.39, 0.29) is 5.82 Å². The Morgan fingerprint density at radius 2 is 2.11 bits per heavy atom. The van der Waals surface area contributed by atoms with Gasteiger partial charge in [-0.25, -0.2) is 4.39 Å². The van der Waals surface area contributed by atoms with Gasteiger partial charge in [-0.3, -0.25) is 4.90 Å². The molecule has 0 radical (unpaired) electrons. The van der Waals surface area contributed by atoms with Crippen LogP contribution in [-0.4, -0.2) is 31.1 Å². The van der Waals surface area contributed by atoms with Crippen molar-refractivity contribution in [2.75, 3.05) is 26.2 Å². The lowest BCUT2D eigenvalue weighted by molar-refractivity contribution is 0.206. The van der Waals surface area contributed by atoms with Gasteiger partial charge in [-0.05, 0) is 62.2 Å². The van der Waals surface area contributed by atoms with Crippen LogP contribution in [0, 0.1) is 11.7 Å². The van der Waals surface area contributed by atoms with Gasteiger partial charge in [0.05, 0.1) is 0 Å². The van der Waals surface area contributed by atoms with Crippen molar-refractivity contribution in [2.24, 2.45) is 5.92 Å². The van der Waals surface area contributed by atoms with E-state index in [0.29, 0.717) is 0 Å². The lowest BCUT2D eigenvalue weighted by atomic mass is 9.97. The third-order valence-corrected chi connectivity index (χ3v) is 4.60. The fourth-order valence-corrected chi connectivity index (χ4v) is 3.01. The van der Waals surface area contributed by atoms with Gasteiger partial charge < -0.3 is 5.32 Å². The molecule has 19 heavy (non-hydrogen) atoms. The standard InChI is InChI=1S/C15H22BrFN2/c1-2-19(10-12-5-7-18-8-6-12)11-13-9-14(17)3-4-15(13)16/h3-4,9,12,18H,2,5-8,10-11H2,1H3. The fraction of sp³-hybridized carbons (Fsp3) is 0.600. The molecule has 1 N–H and O–H groups in total. The fourth-order valence-electron chi connectivity index (χ4n) is 2.64. The Morgan fingerprint density at radius 1 is 1.37 bits per heavy atom. The minimum absolute atomic E-state index is 0.156. The van der Waals surface area contributed by atoms with Crippen molar-refractivity contribution < 1.29 is 4.39 Å². The second kappa shape index (κ2) is 7.36. The van der Waals surface area contributed by atoms with Crippen molar-refractivity contribution in [1.29, 1.82) is 0 Å². The number of halogens is 2. The van der Waals surface area contributed by atoms with Crippen LogP contribution >= 0.6 is 15.9 Å². The Balaban J connectivity index is 1.95. The molecule has 2 rings (SSSR count). The second-order valence-electron chi connectivity index (χ2n) is 5.26. The molecule has 1 heterocycles. The topological polar surface area (TPSA) is 15.3 Å². The average molecular weight is 329 g/mol. The first-order valence-corrected chi connectivity index (χ1v) is 7.85. The van der Waals surface area contributed by atoms with E-state index in [0.717, 1.165) is 48.7 Å². The number of hydrogen-bond acceptors (Lipinski definition) is 2. The smallest absolute Gasteiger partial charge is 0.123 e. The number of benzene rings is 1. The first kappa shape index (κ1) is 14.9. The predicted molar refractivity (Wildman–Crippen MR) is 80.6 cm³/mol. The van der Waals surface area contributed by atoms with Crippen LogP contribution in [0.15, 0.2) is 22.7 Å². The summed E-state index contributed by atoms with van der Waals surface area (Å²) in [6, 6.07) is 4.93. The Bertz CT molecular complexity index is 405. The van der Waals surface area contributed by atoms with Gasteiger partial charge in [0, 0.05) is 17.6 Å². The molecule has 0 unspecified atom stereocenters. The van der Waals surface area contributed by atoms with Crippen molar-refractivity contribution in [1.82, 2.24) is 10.2 Å².